The molecule has 3 heterocycles. The number of rotatable bonds is 3. The van der Waals surface area contributed by atoms with Crippen molar-refractivity contribution in [3.8, 4) is 0 Å². The molecule has 0 saturated heterocycles. The molecule has 4 aromatic rings. The van der Waals surface area contributed by atoms with Gasteiger partial charge in [-0.3, -0.25) is 9.59 Å². The average molecular weight is 440 g/mol. The molecule has 1 aliphatic rings. The summed E-state index contributed by atoms with van der Waals surface area (Å²) in [5.41, 5.74) is 1.45. The minimum absolute atomic E-state index is 0.143. The second kappa shape index (κ2) is 7.52. The van der Waals surface area contributed by atoms with Crippen LogP contribution in [0, 0.1) is 5.82 Å². The maximum atomic E-state index is 13.8. The van der Waals surface area contributed by atoms with Crippen LogP contribution in [0.2, 0.25) is 0 Å². The van der Waals surface area contributed by atoms with E-state index >= 15 is 0 Å². The Hall–Kier alpha value is -3.59. The Balaban J connectivity index is 1.59. The number of carbonyl (C=O) groups excluding carboxylic acids is 1. The third-order valence-corrected chi connectivity index (χ3v) is 6.03. The van der Waals surface area contributed by atoms with Gasteiger partial charge in [0.15, 0.2) is 0 Å². The third-order valence-electron chi connectivity index (χ3n) is 6.03. The number of benzene rings is 2. The van der Waals surface area contributed by atoms with E-state index in [9.17, 15) is 22.8 Å². The van der Waals surface area contributed by atoms with Crippen LogP contribution >= 0.6 is 0 Å². The molecule has 0 radical (unpaired) electrons. The fourth-order valence-electron chi connectivity index (χ4n) is 4.48. The molecular weight excluding hydrogens is 421 g/mol. The smallest absolute Gasteiger partial charge is 0.270 e. The summed E-state index contributed by atoms with van der Waals surface area (Å²) in [6.07, 6.45) is -2.66. The molecule has 0 spiro atoms. The molecule has 2 aromatic carbocycles. The van der Waals surface area contributed by atoms with Crippen LogP contribution in [-0.4, -0.2) is 34.4 Å². The van der Waals surface area contributed by atoms with Crippen molar-refractivity contribution in [1.29, 1.82) is 0 Å². The average Bonchev–Trinajstić information content (AvgIpc) is 3.22. The van der Waals surface area contributed by atoms with Crippen LogP contribution in [0.4, 0.5) is 13.2 Å². The summed E-state index contributed by atoms with van der Waals surface area (Å²) >= 11 is 0. The number of nitrogens with one attached hydrogen (secondary N) is 3. The second-order valence-electron chi connectivity index (χ2n) is 7.89. The van der Waals surface area contributed by atoms with E-state index in [1.54, 1.807) is 19.2 Å². The SMILES string of the molecule is CN(C(=O)c1cc2c(C(F)F)cccc2[nH]1)C1CNCc2[nH]c(=O)c3cc(F)ccc3c21. The number of H-pyrrole nitrogens is 2. The third kappa shape index (κ3) is 3.16. The predicted octanol–water partition coefficient (Wildman–Crippen LogP) is 4.00. The molecule has 1 atom stereocenters. The Bertz CT molecular complexity index is 1430. The van der Waals surface area contributed by atoms with Crippen LogP contribution in [0.3, 0.4) is 0 Å². The maximum absolute atomic E-state index is 13.8. The number of hydrogen-bond donors (Lipinski definition) is 3. The zero-order chi connectivity index (χ0) is 22.6. The number of halogens is 3. The van der Waals surface area contributed by atoms with E-state index < -0.39 is 23.8 Å². The highest BCUT2D eigenvalue weighted by molar-refractivity contribution is 5.99. The van der Waals surface area contributed by atoms with Gasteiger partial charge in [-0.1, -0.05) is 18.2 Å². The largest absolute Gasteiger partial charge is 0.351 e. The lowest BCUT2D eigenvalue weighted by atomic mass is 9.94. The van der Waals surface area contributed by atoms with Crippen molar-refractivity contribution >= 4 is 27.6 Å². The van der Waals surface area contributed by atoms with E-state index in [0.717, 1.165) is 5.56 Å². The van der Waals surface area contributed by atoms with Crippen LogP contribution in [-0.2, 0) is 6.54 Å². The second-order valence-corrected chi connectivity index (χ2v) is 7.89. The molecule has 5 rings (SSSR count). The minimum atomic E-state index is -2.66. The molecule has 164 valence electrons. The molecule has 32 heavy (non-hydrogen) atoms. The summed E-state index contributed by atoms with van der Waals surface area (Å²) in [5, 5.41) is 4.27. The van der Waals surface area contributed by atoms with Crippen LogP contribution in [0.5, 0.6) is 0 Å². The van der Waals surface area contributed by atoms with E-state index in [1.807, 2.05) is 0 Å². The van der Waals surface area contributed by atoms with E-state index in [4.69, 9.17) is 0 Å². The van der Waals surface area contributed by atoms with Gasteiger partial charge in [0.1, 0.15) is 11.5 Å². The fraction of sp³-hybridized carbons (Fsp3) is 0.217. The highest BCUT2D eigenvalue weighted by Crippen LogP contribution is 2.33. The van der Waals surface area contributed by atoms with Crippen molar-refractivity contribution in [1.82, 2.24) is 20.2 Å². The summed E-state index contributed by atoms with van der Waals surface area (Å²) in [5.74, 6) is -0.909. The molecule has 0 bridgehead atoms. The number of aromatic nitrogens is 2. The van der Waals surface area contributed by atoms with Gasteiger partial charge in [-0.05, 0) is 29.7 Å². The number of amides is 1. The molecule has 1 amide bonds. The number of likely N-dealkylation sites (N-methyl/N-ethyl adjacent to an activating group) is 1. The quantitative estimate of drug-likeness (QED) is 0.451. The summed E-state index contributed by atoms with van der Waals surface area (Å²) in [4.78, 5) is 33.0. The van der Waals surface area contributed by atoms with E-state index in [0.29, 0.717) is 35.1 Å². The summed E-state index contributed by atoms with van der Waals surface area (Å²) in [7, 11) is 1.61. The van der Waals surface area contributed by atoms with Crippen LogP contribution in [0.25, 0.3) is 21.7 Å². The first-order chi connectivity index (χ1) is 15.3. The molecule has 9 heteroatoms. The van der Waals surface area contributed by atoms with E-state index in [2.05, 4.69) is 15.3 Å². The normalized spacial score (nSPS) is 16.0. The van der Waals surface area contributed by atoms with Crippen molar-refractivity contribution in [2.75, 3.05) is 13.6 Å². The Morgan fingerprint density at radius 2 is 1.91 bits per heavy atom. The summed E-state index contributed by atoms with van der Waals surface area (Å²) in [6, 6.07) is 9.48. The number of fused-ring (bicyclic) bond motifs is 4. The Kier molecular flexibility index (Phi) is 4.78. The monoisotopic (exact) mass is 440 g/mol. The van der Waals surface area contributed by atoms with Crippen molar-refractivity contribution in [2.24, 2.45) is 0 Å². The number of nitrogens with zero attached hydrogens (tertiary/aromatic N) is 1. The summed E-state index contributed by atoms with van der Waals surface area (Å²) in [6.45, 7) is 0.816. The first kappa shape index (κ1) is 20.3. The Morgan fingerprint density at radius 1 is 1.09 bits per heavy atom. The molecule has 6 nitrogen and oxygen atoms in total. The number of hydrogen-bond acceptors (Lipinski definition) is 3. The van der Waals surface area contributed by atoms with Gasteiger partial charge in [-0.15, -0.1) is 0 Å². The number of alkyl halides is 2. The molecule has 2 aromatic heterocycles. The molecule has 3 N–H and O–H groups in total. The lowest BCUT2D eigenvalue weighted by Gasteiger charge is -2.34. The van der Waals surface area contributed by atoms with E-state index in [1.165, 1.54) is 35.2 Å². The number of pyridine rings is 1. The van der Waals surface area contributed by atoms with Crippen LogP contribution in [0.1, 0.15) is 39.8 Å². The van der Waals surface area contributed by atoms with Gasteiger partial charge in [0.25, 0.3) is 17.9 Å². The van der Waals surface area contributed by atoms with Gasteiger partial charge in [-0.2, -0.15) is 0 Å². The first-order valence-corrected chi connectivity index (χ1v) is 10.1. The number of carbonyl (C=O) groups is 1. The van der Waals surface area contributed by atoms with Crippen molar-refractivity contribution < 1.29 is 18.0 Å². The predicted molar refractivity (Wildman–Crippen MR) is 114 cm³/mol. The van der Waals surface area contributed by atoms with Crippen molar-refractivity contribution in [3.05, 3.63) is 81.2 Å². The summed E-state index contributed by atoms with van der Waals surface area (Å²) < 4.78 is 40.5. The molecule has 1 aliphatic heterocycles. The molecule has 0 fully saturated rings. The van der Waals surface area contributed by atoms with Gasteiger partial charge >= 0.3 is 0 Å². The minimum Gasteiger partial charge on any atom is -0.351 e. The zero-order valence-corrected chi connectivity index (χ0v) is 17.0. The number of aromatic amines is 2. The van der Waals surface area contributed by atoms with Crippen molar-refractivity contribution in [3.63, 3.8) is 0 Å². The van der Waals surface area contributed by atoms with Crippen LogP contribution < -0.4 is 10.9 Å². The van der Waals surface area contributed by atoms with Gasteiger partial charge in [-0.25, -0.2) is 13.2 Å². The topological polar surface area (TPSA) is 81.0 Å². The van der Waals surface area contributed by atoms with Gasteiger partial charge in [0.2, 0.25) is 0 Å². The Labute approximate surface area is 180 Å². The van der Waals surface area contributed by atoms with Crippen LogP contribution in [0.15, 0.2) is 47.3 Å². The van der Waals surface area contributed by atoms with E-state index in [-0.39, 0.29) is 22.6 Å². The standard InChI is InChI=1S/C23H19F3N4O2/c1-30(23(32)17-8-14-13(21(25)26)3-2-4-16(14)28-17)19-10-27-9-18-20(19)12-6-5-11(24)7-15(12)22(31)29-18/h2-8,19,21,27-28H,9-10H2,1H3,(H,29,31). The van der Waals surface area contributed by atoms with Gasteiger partial charge in [0, 0.05) is 47.9 Å². The molecule has 1 unspecified atom stereocenters. The van der Waals surface area contributed by atoms with Gasteiger partial charge < -0.3 is 20.2 Å². The zero-order valence-electron chi connectivity index (χ0n) is 17.0. The highest BCUT2D eigenvalue weighted by Gasteiger charge is 2.31. The lowest BCUT2D eigenvalue weighted by molar-refractivity contribution is 0.0718. The maximum Gasteiger partial charge on any atom is 0.270 e. The van der Waals surface area contributed by atoms with Gasteiger partial charge in [0.05, 0.1) is 11.4 Å². The molecule has 0 aliphatic carbocycles. The first-order valence-electron chi connectivity index (χ1n) is 10.1. The Morgan fingerprint density at radius 3 is 2.69 bits per heavy atom. The van der Waals surface area contributed by atoms with Crippen molar-refractivity contribution in [2.45, 2.75) is 19.0 Å². The lowest BCUT2D eigenvalue weighted by Crippen LogP contribution is -2.42. The fourth-order valence-corrected chi connectivity index (χ4v) is 4.48. The molecule has 0 saturated carbocycles. The molecular formula is C23H19F3N4O2. The highest BCUT2D eigenvalue weighted by atomic mass is 19.3.